The Morgan fingerprint density at radius 2 is 1.82 bits per heavy atom. The molecule has 1 aromatic rings. The van der Waals surface area contributed by atoms with Crippen LogP contribution in [0.4, 0.5) is 4.79 Å². The molecule has 1 aliphatic heterocycles. The second kappa shape index (κ2) is 6.21. The first-order valence-corrected chi connectivity index (χ1v) is 7.89. The molecule has 4 nitrogen and oxygen atoms in total. The SMILES string of the molecule is CC(C)(C)OC(=O)N1CCC(C#N)(c2ccc(S)cc2)CC1. The molecule has 1 aromatic carbocycles. The van der Waals surface area contributed by atoms with Gasteiger partial charge >= 0.3 is 6.09 Å². The summed E-state index contributed by atoms with van der Waals surface area (Å²) in [6, 6.07) is 10.2. The van der Waals surface area contributed by atoms with E-state index < -0.39 is 11.0 Å². The highest BCUT2D eigenvalue weighted by Crippen LogP contribution is 2.35. The van der Waals surface area contributed by atoms with Crippen LogP contribution in [-0.2, 0) is 10.2 Å². The van der Waals surface area contributed by atoms with Gasteiger partial charge in [0.1, 0.15) is 5.60 Å². The van der Waals surface area contributed by atoms with E-state index >= 15 is 0 Å². The first-order valence-electron chi connectivity index (χ1n) is 7.44. The molecule has 2 rings (SSSR count). The van der Waals surface area contributed by atoms with Crippen molar-refractivity contribution in [2.75, 3.05) is 13.1 Å². The molecular formula is C17H22N2O2S. The largest absolute Gasteiger partial charge is 0.444 e. The van der Waals surface area contributed by atoms with Crippen molar-refractivity contribution in [3.63, 3.8) is 0 Å². The Morgan fingerprint density at radius 1 is 1.27 bits per heavy atom. The molecule has 0 aliphatic carbocycles. The highest BCUT2D eigenvalue weighted by atomic mass is 32.1. The fraction of sp³-hybridized carbons (Fsp3) is 0.529. The van der Waals surface area contributed by atoms with Crippen LogP contribution in [0, 0.1) is 11.3 Å². The van der Waals surface area contributed by atoms with E-state index in [9.17, 15) is 10.1 Å². The van der Waals surface area contributed by atoms with Gasteiger partial charge in [-0.05, 0) is 51.3 Å². The smallest absolute Gasteiger partial charge is 0.410 e. The lowest BCUT2D eigenvalue weighted by atomic mass is 9.74. The second-order valence-corrected chi connectivity index (χ2v) is 7.22. The summed E-state index contributed by atoms with van der Waals surface area (Å²) < 4.78 is 5.39. The Morgan fingerprint density at radius 3 is 2.27 bits per heavy atom. The number of carbonyl (C=O) groups excluding carboxylic acids is 1. The molecule has 0 bridgehead atoms. The zero-order chi connectivity index (χ0) is 16.4. The Labute approximate surface area is 137 Å². The third kappa shape index (κ3) is 3.75. The summed E-state index contributed by atoms with van der Waals surface area (Å²) in [6.07, 6.45) is 0.938. The van der Waals surface area contributed by atoms with E-state index in [1.54, 1.807) is 4.90 Å². The molecular weight excluding hydrogens is 296 g/mol. The molecule has 1 heterocycles. The van der Waals surface area contributed by atoms with Crippen molar-refractivity contribution in [1.29, 1.82) is 5.26 Å². The normalized spacial score (nSPS) is 17.7. The number of thiol groups is 1. The highest BCUT2D eigenvalue weighted by Gasteiger charge is 2.38. The standard InChI is InChI=1S/C17H22N2O2S/c1-16(2,3)21-15(20)19-10-8-17(12-18,9-11-19)13-4-6-14(22)7-5-13/h4-7,22H,8-11H2,1-3H3. The van der Waals surface area contributed by atoms with Gasteiger partial charge in [-0.1, -0.05) is 12.1 Å². The Balaban J connectivity index is 2.07. The van der Waals surface area contributed by atoms with Gasteiger partial charge in [-0.15, -0.1) is 12.6 Å². The average Bonchev–Trinajstić information content (AvgIpc) is 2.46. The van der Waals surface area contributed by atoms with Gasteiger partial charge < -0.3 is 9.64 Å². The van der Waals surface area contributed by atoms with E-state index in [0.717, 1.165) is 10.5 Å². The molecule has 0 N–H and O–H groups in total. The molecule has 1 fully saturated rings. The fourth-order valence-corrected chi connectivity index (χ4v) is 2.79. The van der Waals surface area contributed by atoms with E-state index in [2.05, 4.69) is 18.7 Å². The minimum Gasteiger partial charge on any atom is -0.444 e. The number of nitrogens with zero attached hydrogens (tertiary/aromatic N) is 2. The molecule has 1 saturated heterocycles. The topological polar surface area (TPSA) is 53.3 Å². The summed E-state index contributed by atoms with van der Waals surface area (Å²) in [4.78, 5) is 14.7. The lowest BCUT2D eigenvalue weighted by Crippen LogP contribution is -2.46. The maximum Gasteiger partial charge on any atom is 0.410 e. The molecule has 22 heavy (non-hydrogen) atoms. The first kappa shape index (κ1) is 16.7. The summed E-state index contributed by atoms with van der Waals surface area (Å²) >= 11 is 4.28. The van der Waals surface area contributed by atoms with Gasteiger partial charge in [0.05, 0.1) is 11.5 Å². The Kier molecular flexibility index (Phi) is 4.72. The van der Waals surface area contributed by atoms with Crippen molar-refractivity contribution >= 4 is 18.7 Å². The molecule has 0 aromatic heterocycles. The fourth-order valence-electron chi connectivity index (χ4n) is 2.64. The Hall–Kier alpha value is -1.67. The number of hydrogen-bond acceptors (Lipinski definition) is 4. The van der Waals surface area contributed by atoms with Gasteiger partial charge in [0.2, 0.25) is 0 Å². The summed E-state index contributed by atoms with van der Waals surface area (Å²) in [6.45, 7) is 6.63. The molecule has 1 aliphatic rings. The molecule has 0 saturated carbocycles. The van der Waals surface area contributed by atoms with E-state index in [4.69, 9.17) is 4.74 Å². The van der Waals surface area contributed by atoms with Crippen LogP contribution in [0.1, 0.15) is 39.2 Å². The third-order valence-electron chi connectivity index (χ3n) is 3.90. The maximum atomic E-state index is 12.1. The van der Waals surface area contributed by atoms with Gasteiger partial charge in [0.25, 0.3) is 0 Å². The van der Waals surface area contributed by atoms with Crippen molar-refractivity contribution in [2.24, 2.45) is 0 Å². The minimum atomic E-state index is -0.528. The number of amides is 1. The molecule has 5 heteroatoms. The van der Waals surface area contributed by atoms with Crippen molar-refractivity contribution < 1.29 is 9.53 Å². The van der Waals surface area contributed by atoms with Crippen molar-refractivity contribution in [2.45, 2.75) is 49.5 Å². The number of ether oxygens (including phenoxy) is 1. The number of carbonyl (C=O) groups is 1. The lowest BCUT2D eigenvalue weighted by molar-refractivity contribution is 0.0185. The van der Waals surface area contributed by atoms with Crippen LogP contribution in [0.15, 0.2) is 29.2 Å². The van der Waals surface area contributed by atoms with Gasteiger partial charge in [-0.3, -0.25) is 0 Å². The number of benzene rings is 1. The van der Waals surface area contributed by atoms with Crippen molar-refractivity contribution in [1.82, 2.24) is 4.90 Å². The van der Waals surface area contributed by atoms with Crippen LogP contribution in [0.5, 0.6) is 0 Å². The Bertz CT molecular complexity index is 576. The second-order valence-electron chi connectivity index (χ2n) is 6.71. The zero-order valence-electron chi connectivity index (χ0n) is 13.3. The quantitative estimate of drug-likeness (QED) is 0.802. The van der Waals surface area contributed by atoms with Crippen LogP contribution < -0.4 is 0 Å². The molecule has 0 radical (unpaired) electrons. The molecule has 118 valence electrons. The maximum absolute atomic E-state index is 12.1. The molecule has 1 amide bonds. The zero-order valence-corrected chi connectivity index (χ0v) is 14.2. The van der Waals surface area contributed by atoms with Gasteiger partial charge in [0, 0.05) is 18.0 Å². The van der Waals surface area contributed by atoms with Crippen LogP contribution in [0.25, 0.3) is 0 Å². The van der Waals surface area contributed by atoms with Gasteiger partial charge in [-0.25, -0.2) is 4.79 Å². The summed E-state index contributed by atoms with van der Waals surface area (Å²) in [5.41, 5.74) is -0.0277. The van der Waals surface area contributed by atoms with E-state index in [-0.39, 0.29) is 6.09 Å². The molecule has 0 atom stereocenters. The van der Waals surface area contributed by atoms with E-state index in [1.807, 2.05) is 45.0 Å². The lowest BCUT2D eigenvalue weighted by Gasteiger charge is -2.38. The monoisotopic (exact) mass is 318 g/mol. The third-order valence-corrected chi connectivity index (χ3v) is 4.20. The minimum absolute atomic E-state index is 0.301. The van der Waals surface area contributed by atoms with E-state index in [0.29, 0.717) is 25.9 Å². The number of likely N-dealkylation sites (tertiary alicyclic amines) is 1. The first-order chi connectivity index (χ1) is 10.3. The predicted molar refractivity (Wildman–Crippen MR) is 88.0 cm³/mol. The van der Waals surface area contributed by atoms with Crippen LogP contribution in [0.2, 0.25) is 0 Å². The van der Waals surface area contributed by atoms with Gasteiger partial charge in [0.15, 0.2) is 0 Å². The number of piperidine rings is 1. The summed E-state index contributed by atoms with van der Waals surface area (Å²) in [5, 5.41) is 9.67. The molecule has 0 spiro atoms. The number of nitriles is 1. The van der Waals surface area contributed by atoms with E-state index in [1.165, 1.54) is 0 Å². The van der Waals surface area contributed by atoms with Crippen LogP contribution >= 0.6 is 12.6 Å². The van der Waals surface area contributed by atoms with Crippen molar-refractivity contribution in [3.8, 4) is 6.07 Å². The predicted octanol–water partition coefficient (Wildman–Crippen LogP) is 3.77. The number of hydrogen-bond donors (Lipinski definition) is 1. The summed E-state index contributed by atoms with van der Waals surface area (Å²) in [5.74, 6) is 0. The van der Waals surface area contributed by atoms with Crippen molar-refractivity contribution in [3.05, 3.63) is 29.8 Å². The van der Waals surface area contributed by atoms with Crippen LogP contribution in [0.3, 0.4) is 0 Å². The number of rotatable bonds is 1. The van der Waals surface area contributed by atoms with Gasteiger partial charge in [-0.2, -0.15) is 5.26 Å². The average molecular weight is 318 g/mol. The highest BCUT2D eigenvalue weighted by molar-refractivity contribution is 7.80. The molecule has 0 unspecified atom stereocenters. The van der Waals surface area contributed by atoms with Crippen LogP contribution in [-0.4, -0.2) is 29.7 Å². The summed E-state index contributed by atoms with van der Waals surface area (Å²) in [7, 11) is 0.